The number of pyridine rings is 1. The van der Waals surface area contributed by atoms with Crippen LogP contribution in [0.15, 0.2) is 53.8 Å². The van der Waals surface area contributed by atoms with Crippen LogP contribution >= 0.6 is 0 Å². The van der Waals surface area contributed by atoms with Crippen molar-refractivity contribution in [1.82, 2.24) is 9.55 Å². The zero-order valence-electron chi connectivity index (χ0n) is 21.1. The summed E-state index contributed by atoms with van der Waals surface area (Å²) < 4.78 is 13.3. The van der Waals surface area contributed by atoms with Gasteiger partial charge in [-0.3, -0.25) is 0 Å². The van der Waals surface area contributed by atoms with Crippen LogP contribution in [-0.4, -0.2) is 52.8 Å². The first-order chi connectivity index (χ1) is 17.6. The Morgan fingerprint density at radius 3 is 2.61 bits per heavy atom. The average molecular weight is 494 g/mol. The molecule has 1 unspecified atom stereocenters. The molecule has 3 aromatic rings. The fourth-order valence-electron chi connectivity index (χ4n) is 4.80. The van der Waals surface area contributed by atoms with E-state index in [2.05, 4.69) is 21.9 Å². The molecule has 192 valence electrons. The predicted molar refractivity (Wildman–Crippen MR) is 139 cm³/mol. The van der Waals surface area contributed by atoms with E-state index < -0.39 is 12.1 Å². The van der Waals surface area contributed by atoms with Gasteiger partial charge in [-0.2, -0.15) is 0 Å². The number of carbonyl (C=O) groups is 1. The van der Waals surface area contributed by atoms with Crippen molar-refractivity contribution in [3.63, 3.8) is 0 Å². The van der Waals surface area contributed by atoms with Crippen molar-refractivity contribution in [2.75, 3.05) is 20.3 Å². The summed E-state index contributed by atoms with van der Waals surface area (Å²) >= 11 is 0. The summed E-state index contributed by atoms with van der Waals surface area (Å²) in [6.07, 6.45) is 7.48. The van der Waals surface area contributed by atoms with Gasteiger partial charge >= 0.3 is 5.97 Å². The number of fused-ring (bicyclic) bond motifs is 1. The lowest BCUT2D eigenvalue weighted by Crippen LogP contribution is -2.26. The van der Waals surface area contributed by atoms with Crippen molar-refractivity contribution in [3.8, 4) is 5.75 Å². The number of benzene rings is 1. The zero-order valence-corrected chi connectivity index (χ0v) is 21.1. The maximum absolute atomic E-state index is 11.3. The monoisotopic (exact) mass is 493 g/mol. The fraction of sp³-hybridized carbons (Fsp3) is 0.464. The van der Waals surface area contributed by atoms with Crippen LogP contribution in [0.25, 0.3) is 11.0 Å². The van der Waals surface area contributed by atoms with Crippen molar-refractivity contribution in [2.45, 2.75) is 58.1 Å². The van der Waals surface area contributed by atoms with E-state index in [1.165, 1.54) is 19.3 Å². The van der Waals surface area contributed by atoms with E-state index in [-0.39, 0.29) is 0 Å². The highest BCUT2D eigenvalue weighted by molar-refractivity contribution is 6.01. The van der Waals surface area contributed by atoms with Crippen LogP contribution in [0, 0.1) is 5.92 Å². The molecule has 1 aliphatic carbocycles. The predicted octanol–water partition coefficient (Wildman–Crippen LogP) is 5.08. The van der Waals surface area contributed by atoms with Gasteiger partial charge in [-0.15, -0.1) is 0 Å². The third kappa shape index (κ3) is 6.43. The number of carboxylic acid groups (broad SMARTS) is 1. The zero-order chi connectivity index (χ0) is 25.3. The number of hydrogen-bond acceptors (Lipinski definition) is 6. The van der Waals surface area contributed by atoms with E-state index in [0.717, 1.165) is 46.6 Å². The molecule has 1 aliphatic rings. The third-order valence-corrected chi connectivity index (χ3v) is 6.64. The Balaban J connectivity index is 1.39. The van der Waals surface area contributed by atoms with Crippen LogP contribution in [0.3, 0.4) is 0 Å². The summed E-state index contributed by atoms with van der Waals surface area (Å²) in [6, 6.07) is 13.7. The highest BCUT2D eigenvalue weighted by Gasteiger charge is 2.23. The Hall–Kier alpha value is -3.39. The first kappa shape index (κ1) is 25.7. The van der Waals surface area contributed by atoms with Crippen molar-refractivity contribution in [3.05, 3.63) is 59.9 Å². The van der Waals surface area contributed by atoms with Crippen LogP contribution in [-0.2, 0) is 27.3 Å². The molecule has 1 saturated carbocycles. The molecule has 0 aliphatic heterocycles. The van der Waals surface area contributed by atoms with E-state index in [1.54, 1.807) is 14.0 Å². The number of rotatable bonds is 12. The van der Waals surface area contributed by atoms with Crippen LogP contribution in [0.5, 0.6) is 5.75 Å². The second-order valence-electron chi connectivity index (χ2n) is 9.09. The molecule has 8 heteroatoms. The Morgan fingerprint density at radius 1 is 1.14 bits per heavy atom. The minimum absolute atomic E-state index is 0.321. The normalized spacial score (nSPS) is 15.7. The summed E-state index contributed by atoms with van der Waals surface area (Å²) in [4.78, 5) is 21.5. The van der Waals surface area contributed by atoms with Crippen molar-refractivity contribution >= 4 is 22.7 Å². The average Bonchev–Trinajstić information content (AvgIpc) is 3.30. The maximum atomic E-state index is 11.3. The molecule has 36 heavy (non-hydrogen) atoms. The molecule has 2 heterocycles. The third-order valence-electron chi connectivity index (χ3n) is 6.64. The molecule has 8 nitrogen and oxygen atoms in total. The molecule has 0 amide bonds. The van der Waals surface area contributed by atoms with Gasteiger partial charge in [0.15, 0.2) is 6.10 Å². The molecule has 2 aromatic heterocycles. The highest BCUT2D eigenvalue weighted by atomic mass is 16.6. The first-order valence-electron chi connectivity index (χ1n) is 12.7. The number of hydrogen-bond donors (Lipinski definition) is 1. The van der Waals surface area contributed by atoms with E-state index in [9.17, 15) is 9.90 Å². The van der Waals surface area contributed by atoms with Gasteiger partial charge in [0.1, 0.15) is 30.8 Å². The molecule has 0 radical (unpaired) electrons. The minimum Gasteiger partial charge on any atom is -0.492 e. The van der Waals surface area contributed by atoms with Gasteiger partial charge in [0.05, 0.1) is 12.2 Å². The van der Waals surface area contributed by atoms with E-state index in [0.29, 0.717) is 32.1 Å². The number of aromatic nitrogens is 2. The SMILES string of the molecule is CCOC(Cc1ccc(OCCn2ccc3ccc(/C(=N\OC)C4CCCCC4)nc32)cc1)C(=O)O. The molecule has 1 fully saturated rings. The lowest BCUT2D eigenvalue weighted by atomic mass is 9.84. The molecule has 4 rings (SSSR count). The van der Waals surface area contributed by atoms with Crippen LogP contribution < -0.4 is 4.74 Å². The molecular weight excluding hydrogens is 458 g/mol. The van der Waals surface area contributed by atoms with Crippen molar-refractivity contribution in [2.24, 2.45) is 11.1 Å². The van der Waals surface area contributed by atoms with Gasteiger partial charge in [0.25, 0.3) is 0 Å². The van der Waals surface area contributed by atoms with Gasteiger partial charge in [-0.1, -0.05) is 36.6 Å². The first-order valence-corrected chi connectivity index (χ1v) is 12.7. The Labute approximate surface area is 211 Å². The smallest absolute Gasteiger partial charge is 0.333 e. The van der Waals surface area contributed by atoms with E-state index >= 15 is 0 Å². The van der Waals surface area contributed by atoms with Gasteiger partial charge in [0.2, 0.25) is 0 Å². The van der Waals surface area contributed by atoms with Crippen LogP contribution in [0.4, 0.5) is 0 Å². The van der Waals surface area contributed by atoms with Crippen LogP contribution in [0.1, 0.15) is 50.3 Å². The van der Waals surface area contributed by atoms with E-state index in [1.807, 2.05) is 36.5 Å². The van der Waals surface area contributed by atoms with Gasteiger partial charge in [0, 0.05) is 30.5 Å². The summed E-state index contributed by atoms with van der Waals surface area (Å²) in [6.45, 7) is 3.28. The van der Waals surface area contributed by atoms with Gasteiger partial charge < -0.3 is 24.0 Å². The summed E-state index contributed by atoms with van der Waals surface area (Å²) in [5.74, 6) is 0.170. The lowest BCUT2D eigenvalue weighted by molar-refractivity contribution is -0.149. The summed E-state index contributed by atoms with van der Waals surface area (Å²) in [7, 11) is 1.59. The van der Waals surface area contributed by atoms with Crippen molar-refractivity contribution < 1.29 is 24.2 Å². The molecular formula is C28H35N3O5. The molecule has 1 N–H and O–H groups in total. The number of aliphatic carboxylic acids is 1. The van der Waals surface area contributed by atoms with Gasteiger partial charge in [-0.25, -0.2) is 9.78 Å². The van der Waals surface area contributed by atoms with E-state index in [4.69, 9.17) is 19.3 Å². The number of nitrogens with zero attached hydrogens (tertiary/aromatic N) is 3. The maximum Gasteiger partial charge on any atom is 0.333 e. The molecule has 0 spiro atoms. The number of ether oxygens (including phenoxy) is 2. The van der Waals surface area contributed by atoms with Crippen LogP contribution in [0.2, 0.25) is 0 Å². The van der Waals surface area contributed by atoms with Crippen molar-refractivity contribution in [1.29, 1.82) is 0 Å². The fourth-order valence-corrected chi connectivity index (χ4v) is 4.80. The molecule has 1 aromatic carbocycles. The highest BCUT2D eigenvalue weighted by Crippen LogP contribution is 2.28. The standard InChI is InChI=1S/C28H35N3O5/c1-3-35-25(28(32)33)19-20-9-12-23(13-10-20)36-18-17-31-16-15-22-11-14-24(29-27(22)31)26(30-34-2)21-7-5-4-6-8-21/h9-16,21,25H,3-8,17-19H2,1-2H3,(H,32,33)/b30-26-. The Bertz CT molecular complexity index is 1170. The molecule has 0 bridgehead atoms. The van der Waals surface area contributed by atoms with Gasteiger partial charge in [-0.05, 0) is 55.7 Å². The lowest BCUT2D eigenvalue weighted by Gasteiger charge is -2.22. The summed E-state index contributed by atoms with van der Waals surface area (Å²) in [5, 5.41) is 14.7. The topological polar surface area (TPSA) is 95.2 Å². The minimum atomic E-state index is -0.952. The Morgan fingerprint density at radius 2 is 1.92 bits per heavy atom. The number of carboxylic acids is 1. The molecule has 1 atom stereocenters. The quantitative estimate of drug-likeness (QED) is 0.279. The Kier molecular flexibility index (Phi) is 8.95. The second kappa shape index (κ2) is 12.5. The largest absolute Gasteiger partial charge is 0.492 e. The second-order valence-corrected chi connectivity index (χ2v) is 9.09. The summed E-state index contributed by atoms with van der Waals surface area (Å²) in [5.41, 5.74) is 3.61. The number of oxime groups is 1. The molecule has 0 saturated heterocycles.